The average molecular weight is 430 g/mol. The third-order valence-electron chi connectivity index (χ3n) is 6.49. The monoisotopic (exact) mass is 430 g/mol. The predicted octanol–water partition coefficient (Wildman–Crippen LogP) is 4.63. The molecule has 2 aromatic rings. The number of methoxy groups -OCH3 is 5. The first kappa shape index (κ1) is 21.4. The lowest BCUT2D eigenvalue weighted by Gasteiger charge is -2.34. The van der Waals surface area contributed by atoms with Gasteiger partial charge >= 0.3 is 0 Å². The van der Waals surface area contributed by atoms with E-state index in [4.69, 9.17) is 33.2 Å². The van der Waals surface area contributed by atoms with Crippen LogP contribution in [0, 0.1) is 11.8 Å². The Morgan fingerprint density at radius 3 is 2.13 bits per heavy atom. The van der Waals surface area contributed by atoms with Gasteiger partial charge in [-0.15, -0.1) is 0 Å². The van der Waals surface area contributed by atoms with E-state index in [2.05, 4.69) is 13.8 Å². The lowest BCUT2D eigenvalue weighted by molar-refractivity contribution is 0.0362. The van der Waals surface area contributed by atoms with E-state index in [0.29, 0.717) is 40.4 Å². The summed E-state index contributed by atoms with van der Waals surface area (Å²) in [6.07, 6.45) is 0.642. The van der Waals surface area contributed by atoms with Crippen LogP contribution in [0.4, 0.5) is 0 Å². The van der Waals surface area contributed by atoms with Crippen molar-refractivity contribution >= 4 is 0 Å². The Morgan fingerprint density at radius 1 is 0.806 bits per heavy atom. The van der Waals surface area contributed by atoms with Crippen molar-refractivity contribution in [3.8, 4) is 45.6 Å². The highest BCUT2D eigenvalue weighted by atomic mass is 16.7. The van der Waals surface area contributed by atoms with Gasteiger partial charge in [0.1, 0.15) is 0 Å². The van der Waals surface area contributed by atoms with Crippen LogP contribution in [-0.2, 0) is 11.2 Å². The molecule has 0 saturated carbocycles. The average Bonchev–Trinajstić information content (AvgIpc) is 3.25. The number of rotatable bonds is 5. The molecule has 0 N–H and O–H groups in total. The standard InChI is InChI=1S/C24H30O7/c1-12-8-14-9-16(25-3)21(27-5)23(28-6)18(14)19-15(20(26-4)13(12)2)10-17-22(24(19)29-7)31-11-30-17/h9-10,12-13,20H,8,11H2,1-7H3/t12-,13-,20+/m0/s1. The maximum Gasteiger partial charge on any atom is 0.231 e. The smallest absolute Gasteiger partial charge is 0.231 e. The van der Waals surface area contributed by atoms with Crippen molar-refractivity contribution in [1.82, 2.24) is 0 Å². The van der Waals surface area contributed by atoms with E-state index in [-0.39, 0.29) is 18.8 Å². The van der Waals surface area contributed by atoms with Gasteiger partial charge in [-0.1, -0.05) is 13.8 Å². The molecule has 0 bridgehead atoms. The van der Waals surface area contributed by atoms with E-state index in [0.717, 1.165) is 28.7 Å². The zero-order valence-corrected chi connectivity index (χ0v) is 19.2. The minimum Gasteiger partial charge on any atom is -0.493 e. The molecule has 7 nitrogen and oxygen atoms in total. The van der Waals surface area contributed by atoms with Gasteiger partial charge in [-0.3, -0.25) is 0 Å². The minimum atomic E-state index is -0.167. The van der Waals surface area contributed by atoms with Crippen LogP contribution in [0.15, 0.2) is 12.1 Å². The SMILES string of the molecule is COc1cc2c(c(OC)c1OC)-c1c(cc3c(c1OC)OCO3)[C@H](OC)[C@@H](C)[C@@H](C)C2. The molecule has 1 aliphatic carbocycles. The number of benzene rings is 2. The van der Waals surface area contributed by atoms with Crippen molar-refractivity contribution in [2.24, 2.45) is 11.8 Å². The molecule has 3 atom stereocenters. The Morgan fingerprint density at radius 2 is 1.52 bits per heavy atom. The molecule has 2 aromatic carbocycles. The van der Waals surface area contributed by atoms with Crippen molar-refractivity contribution in [2.45, 2.75) is 26.4 Å². The lowest BCUT2D eigenvalue weighted by Crippen LogP contribution is -2.24. The van der Waals surface area contributed by atoms with Gasteiger partial charge in [0, 0.05) is 18.2 Å². The number of ether oxygens (including phenoxy) is 7. The summed E-state index contributed by atoms with van der Waals surface area (Å²) >= 11 is 0. The van der Waals surface area contributed by atoms with Crippen LogP contribution in [-0.4, -0.2) is 42.3 Å². The Labute approximate surface area is 183 Å². The molecule has 0 unspecified atom stereocenters. The van der Waals surface area contributed by atoms with Gasteiger partial charge in [-0.2, -0.15) is 0 Å². The van der Waals surface area contributed by atoms with Crippen molar-refractivity contribution < 1.29 is 33.2 Å². The molecule has 0 spiro atoms. The number of hydrogen-bond acceptors (Lipinski definition) is 7. The predicted molar refractivity (Wildman–Crippen MR) is 116 cm³/mol. The Balaban J connectivity index is 2.17. The highest BCUT2D eigenvalue weighted by molar-refractivity contribution is 5.88. The second-order valence-corrected chi connectivity index (χ2v) is 7.98. The van der Waals surface area contributed by atoms with Crippen LogP contribution >= 0.6 is 0 Å². The largest absolute Gasteiger partial charge is 0.493 e. The molecule has 4 rings (SSSR count). The fraction of sp³-hybridized carbons (Fsp3) is 0.500. The highest BCUT2D eigenvalue weighted by Crippen LogP contribution is 2.58. The quantitative estimate of drug-likeness (QED) is 0.685. The maximum atomic E-state index is 6.04. The molecule has 7 heteroatoms. The van der Waals surface area contributed by atoms with Gasteiger partial charge in [-0.05, 0) is 41.5 Å². The van der Waals surface area contributed by atoms with Gasteiger partial charge in [0.15, 0.2) is 23.0 Å². The summed E-state index contributed by atoms with van der Waals surface area (Å²) in [4.78, 5) is 0. The molecule has 1 heterocycles. The molecule has 0 aromatic heterocycles. The molecule has 0 fully saturated rings. The van der Waals surface area contributed by atoms with Crippen LogP contribution in [0.3, 0.4) is 0 Å². The van der Waals surface area contributed by atoms with Crippen molar-refractivity contribution in [3.63, 3.8) is 0 Å². The van der Waals surface area contributed by atoms with E-state index in [1.807, 2.05) is 12.1 Å². The van der Waals surface area contributed by atoms with Crippen LogP contribution in [0.2, 0.25) is 0 Å². The molecule has 31 heavy (non-hydrogen) atoms. The first-order chi connectivity index (χ1) is 15.0. The molecule has 0 radical (unpaired) electrons. The highest BCUT2D eigenvalue weighted by Gasteiger charge is 2.38. The van der Waals surface area contributed by atoms with Gasteiger partial charge in [0.25, 0.3) is 0 Å². The molecule has 0 amide bonds. The summed E-state index contributed by atoms with van der Waals surface area (Å²) in [7, 11) is 8.25. The second-order valence-electron chi connectivity index (χ2n) is 7.98. The molecular weight excluding hydrogens is 400 g/mol. The topological polar surface area (TPSA) is 64.6 Å². The summed E-state index contributed by atoms with van der Waals surface area (Å²) in [6, 6.07) is 4.03. The van der Waals surface area contributed by atoms with Gasteiger partial charge < -0.3 is 33.2 Å². The summed E-state index contributed by atoms with van der Waals surface area (Å²) in [5, 5.41) is 0. The summed E-state index contributed by atoms with van der Waals surface area (Å²) < 4.78 is 40.7. The van der Waals surface area contributed by atoms with Gasteiger partial charge in [0.05, 0.1) is 34.5 Å². The first-order valence-corrected chi connectivity index (χ1v) is 10.4. The van der Waals surface area contributed by atoms with E-state index in [9.17, 15) is 0 Å². The van der Waals surface area contributed by atoms with E-state index in [1.165, 1.54) is 0 Å². The minimum absolute atomic E-state index is 0.147. The van der Waals surface area contributed by atoms with Crippen LogP contribution < -0.4 is 28.4 Å². The van der Waals surface area contributed by atoms with E-state index >= 15 is 0 Å². The molecule has 2 aliphatic rings. The molecule has 168 valence electrons. The maximum absolute atomic E-state index is 6.04. The Hall–Kier alpha value is -2.80. The third-order valence-corrected chi connectivity index (χ3v) is 6.49. The Kier molecular flexibility index (Phi) is 5.79. The number of fused-ring (bicyclic) bond motifs is 4. The Bertz CT molecular complexity index is 985. The number of hydrogen-bond donors (Lipinski definition) is 0. The normalized spacial score (nSPS) is 21.5. The van der Waals surface area contributed by atoms with E-state index < -0.39 is 0 Å². The summed E-state index contributed by atoms with van der Waals surface area (Å²) in [5.74, 6) is 4.15. The molecule has 1 aliphatic heterocycles. The lowest BCUT2D eigenvalue weighted by atomic mass is 9.76. The fourth-order valence-electron chi connectivity index (χ4n) is 4.81. The summed E-state index contributed by atoms with van der Waals surface area (Å²) in [6.45, 7) is 4.59. The van der Waals surface area contributed by atoms with Crippen molar-refractivity contribution in [1.29, 1.82) is 0 Å². The van der Waals surface area contributed by atoms with Gasteiger partial charge in [0.2, 0.25) is 18.3 Å². The van der Waals surface area contributed by atoms with Crippen molar-refractivity contribution in [3.05, 3.63) is 23.3 Å². The molecular formula is C24H30O7. The first-order valence-electron chi connectivity index (χ1n) is 10.4. The zero-order chi connectivity index (χ0) is 22.3. The van der Waals surface area contributed by atoms with Crippen LogP contribution in [0.1, 0.15) is 31.1 Å². The van der Waals surface area contributed by atoms with Gasteiger partial charge in [-0.25, -0.2) is 0 Å². The third kappa shape index (κ3) is 3.22. The zero-order valence-electron chi connectivity index (χ0n) is 19.2. The van der Waals surface area contributed by atoms with Crippen LogP contribution in [0.5, 0.6) is 34.5 Å². The summed E-state index contributed by atoms with van der Waals surface area (Å²) in [5.41, 5.74) is 3.81. The second kappa shape index (κ2) is 8.38. The van der Waals surface area contributed by atoms with Crippen molar-refractivity contribution in [2.75, 3.05) is 42.3 Å². The van der Waals surface area contributed by atoms with E-state index in [1.54, 1.807) is 35.5 Å². The molecule has 0 saturated heterocycles. The van der Waals surface area contributed by atoms with Crippen LogP contribution in [0.25, 0.3) is 11.1 Å². The fourth-order valence-corrected chi connectivity index (χ4v) is 4.81.